The normalized spacial score (nSPS) is 14.5. The predicted octanol–water partition coefficient (Wildman–Crippen LogP) is 4.17. The Balaban J connectivity index is 1.30. The van der Waals surface area contributed by atoms with Crippen molar-refractivity contribution in [3.05, 3.63) is 77.2 Å². The van der Waals surface area contributed by atoms with E-state index in [4.69, 9.17) is 5.73 Å². The maximum Gasteiger partial charge on any atom is 0.253 e. The molecule has 3 aromatic heterocycles. The first-order valence-electron chi connectivity index (χ1n) is 12.5. The van der Waals surface area contributed by atoms with Gasteiger partial charge in [-0.2, -0.15) is 5.26 Å². The van der Waals surface area contributed by atoms with E-state index in [0.29, 0.717) is 11.5 Å². The lowest BCUT2D eigenvalue weighted by molar-refractivity contribution is 0.0827. The van der Waals surface area contributed by atoms with Crippen LogP contribution in [0, 0.1) is 11.3 Å². The van der Waals surface area contributed by atoms with Crippen LogP contribution < -0.4 is 5.73 Å². The Labute approximate surface area is 217 Å². The van der Waals surface area contributed by atoms with E-state index in [9.17, 15) is 10.1 Å². The number of hydrogen-bond donors (Lipinski definition) is 1. The number of aromatic nitrogens is 3. The summed E-state index contributed by atoms with van der Waals surface area (Å²) in [7, 11) is 5.61. The number of amides is 1. The van der Waals surface area contributed by atoms with E-state index in [1.807, 2.05) is 18.2 Å². The molecule has 0 radical (unpaired) electrons. The second kappa shape index (κ2) is 10.0. The van der Waals surface area contributed by atoms with Gasteiger partial charge in [-0.15, -0.1) is 0 Å². The van der Waals surface area contributed by atoms with Gasteiger partial charge in [-0.1, -0.05) is 12.1 Å². The molecule has 4 aromatic rings. The highest BCUT2D eigenvalue weighted by Gasteiger charge is 2.23. The fourth-order valence-electron chi connectivity index (χ4n) is 5.20. The number of aryl methyl sites for hydroxylation is 1. The summed E-state index contributed by atoms with van der Waals surface area (Å²) in [5, 5.41) is 10.4. The van der Waals surface area contributed by atoms with Gasteiger partial charge in [0.15, 0.2) is 0 Å². The quantitative estimate of drug-likeness (QED) is 0.447. The smallest absolute Gasteiger partial charge is 0.253 e. The van der Waals surface area contributed by atoms with Crippen LogP contribution in [0.3, 0.4) is 0 Å². The molecule has 1 fully saturated rings. The number of nitrogen functional groups attached to an aromatic ring is 1. The van der Waals surface area contributed by atoms with Crippen molar-refractivity contribution in [1.82, 2.24) is 24.3 Å². The molecule has 37 heavy (non-hydrogen) atoms. The molecule has 0 saturated carbocycles. The van der Waals surface area contributed by atoms with Crippen molar-refractivity contribution in [3.63, 3.8) is 0 Å². The monoisotopic (exact) mass is 493 g/mol. The summed E-state index contributed by atoms with van der Waals surface area (Å²) in [6.07, 6.45) is 5.68. The maximum absolute atomic E-state index is 12.2. The van der Waals surface area contributed by atoms with E-state index in [1.54, 1.807) is 37.5 Å². The lowest BCUT2D eigenvalue weighted by Crippen LogP contribution is -2.33. The summed E-state index contributed by atoms with van der Waals surface area (Å²) < 4.78 is 2.15. The zero-order valence-corrected chi connectivity index (χ0v) is 21.5. The third-order valence-electron chi connectivity index (χ3n) is 7.39. The number of fused-ring (bicyclic) bond motifs is 1. The van der Waals surface area contributed by atoms with Gasteiger partial charge >= 0.3 is 0 Å². The topological polar surface area (TPSA) is 104 Å². The summed E-state index contributed by atoms with van der Waals surface area (Å²) in [4.78, 5) is 25.1. The van der Waals surface area contributed by atoms with Gasteiger partial charge in [0, 0.05) is 62.3 Å². The fraction of sp³-hybridized carbons (Fsp3) is 0.310. The molecule has 1 saturated heterocycles. The number of rotatable bonds is 5. The number of nitrogens with two attached hydrogens (primary N) is 1. The molecule has 4 heterocycles. The first kappa shape index (κ1) is 24.5. The number of carbonyl (C=O) groups excluding carboxylic acids is 1. The molecule has 0 unspecified atom stereocenters. The van der Waals surface area contributed by atoms with Crippen molar-refractivity contribution in [3.8, 4) is 17.2 Å². The van der Waals surface area contributed by atoms with Gasteiger partial charge in [-0.3, -0.25) is 9.69 Å². The Hall–Kier alpha value is -4.22. The summed E-state index contributed by atoms with van der Waals surface area (Å²) in [5.41, 5.74) is 12.2. The number of carbonyl (C=O) groups is 1. The molecule has 1 aromatic carbocycles. The number of pyridine rings is 2. The van der Waals surface area contributed by atoms with Crippen LogP contribution in [0.15, 0.2) is 54.9 Å². The summed E-state index contributed by atoms with van der Waals surface area (Å²) in [5.74, 6) is 0.784. The van der Waals surface area contributed by atoms with E-state index in [2.05, 4.69) is 50.8 Å². The number of anilines is 1. The van der Waals surface area contributed by atoms with E-state index in [1.165, 1.54) is 11.3 Å². The minimum Gasteiger partial charge on any atom is -0.383 e. The molecule has 8 heteroatoms. The minimum atomic E-state index is 0.0344. The fourth-order valence-corrected chi connectivity index (χ4v) is 5.20. The molecule has 1 amide bonds. The highest BCUT2D eigenvalue weighted by atomic mass is 16.2. The van der Waals surface area contributed by atoms with Gasteiger partial charge in [0.05, 0.1) is 5.56 Å². The Morgan fingerprint density at radius 1 is 1.14 bits per heavy atom. The average molecular weight is 494 g/mol. The lowest BCUT2D eigenvalue weighted by Gasteiger charge is -2.32. The number of benzene rings is 1. The van der Waals surface area contributed by atoms with Crippen molar-refractivity contribution < 1.29 is 4.79 Å². The molecule has 0 bridgehead atoms. The van der Waals surface area contributed by atoms with E-state index in [-0.39, 0.29) is 11.7 Å². The molecule has 0 spiro atoms. The van der Waals surface area contributed by atoms with Crippen LogP contribution in [0.25, 0.3) is 22.2 Å². The van der Waals surface area contributed by atoms with Gasteiger partial charge in [0.1, 0.15) is 17.5 Å². The SMILES string of the molecule is CN(C)C(=O)c1ccc(C2CCN(Cc3cc4c(-c5cnc(N)c(C#N)c5)ccnc4n3C)CC2)cc1. The number of hydrogen-bond acceptors (Lipinski definition) is 6. The van der Waals surface area contributed by atoms with Gasteiger partial charge in [0.2, 0.25) is 0 Å². The lowest BCUT2D eigenvalue weighted by atomic mass is 9.89. The van der Waals surface area contributed by atoms with Crippen LogP contribution in [0.1, 0.15) is 45.9 Å². The van der Waals surface area contributed by atoms with Crippen molar-refractivity contribution >= 4 is 22.8 Å². The van der Waals surface area contributed by atoms with Gasteiger partial charge < -0.3 is 15.2 Å². The molecule has 2 N–H and O–H groups in total. The molecular formula is C29H31N7O. The number of likely N-dealkylation sites (tertiary alicyclic amines) is 1. The van der Waals surface area contributed by atoms with Crippen molar-refractivity contribution in [2.75, 3.05) is 32.9 Å². The van der Waals surface area contributed by atoms with Gasteiger partial charge in [0.25, 0.3) is 5.91 Å². The van der Waals surface area contributed by atoms with Crippen molar-refractivity contribution in [2.45, 2.75) is 25.3 Å². The maximum atomic E-state index is 12.2. The van der Waals surface area contributed by atoms with Crippen LogP contribution in [-0.4, -0.2) is 57.4 Å². The molecule has 1 aliphatic heterocycles. The third-order valence-corrected chi connectivity index (χ3v) is 7.39. The molecule has 8 nitrogen and oxygen atoms in total. The summed E-state index contributed by atoms with van der Waals surface area (Å²) >= 11 is 0. The Morgan fingerprint density at radius 2 is 1.86 bits per heavy atom. The van der Waals surface area contributed by atoms with Crippen LogP contribution in [0.5, 0.6) is 0 Å². The largest absolute Gasteiger partial charge is 0.383 e. The number of nitriles is 1. The van der Waals surface area contributed by atoms with Crippen molar-refractivity contribution in [2.24, 2.45) is 7.05 Å². The van der Waals surface area contributed by atoms with E-state index < -0.39 is 0 Å². The molecule has 1 aliphatic rings. The van der Waals surface area contributed by atoms with Crippen LogP contribution in [0.4, 0.5) is 5.82 Å². The molecule has 5 rings (SSSR count). The van der Waals surface area contributed by atoms with Gasteiger partial charge in [-0.05, 0) is 73.3 Å². The Kier molecular flexibility index (Phi) is 6.64. The molecule has 0 aliphatic carbocycles. The first-order valence-corrected chi connectivity index (χ1v) is 12.5. The highest BCUT2D eigenvalue weighted by Crippen LogP contribution is 2.32. The second-order valence-electron chi connectivity index (χ2n) is 9.93. The highest BCUT2D eigenvalue weighted by molar-refractivity contribution is 5.94. The average Bonchev–Trinajstić information content (AvgIpc) is 3.24. The van der Waals surface area contributed by atoms with Crippen LogP contribution >= 0.6 is 0 Å². The van der Waals surface area contributed by atoms with Crippen LogP contribution in [0.2, 0.25) is 0 Å². The standard InChI is InChI=1S/C29H31N7O/c1-34(2)29(37)21-6-4-19(5-7-21)20-9-12-36(13-10-20)18-24-15-26-25(8-11-32-28(26)35(24)3)23-14-22(16-30)27(31)33-17-23/h4-8,11,14-15,17,20H,9-10,12-13,18H2,1-3H3,(H2,31,33). The summed E-state index contributed by atoms with van der Waals surface area (Å²) in [6, 6.07) is 16.2. The molecular weight excluding hydrogens is 462 g/mol. The van der Waals surface area contributed by atoms with E-state index >= 15 is 0 Å². The Bertz CT molecular complexity index is 1490. The predicted molar refractivity (Wildman–Crippen MR) is 145 cm³/mol. The van der Waals surface area contributed by atoms with Crippen LogP contribution in [-0.2, 0) is 13.6 Å². The zero-order chi connectivity index (χ0) is 26.1. The molecule has 188 valence electrons. The first-order chi connectivity index (χ1) is 17.9. The number of piperidine rings is 1. The minimum absolute atomic E-state index is 0.0344. The van der Waals surface area contributed by atoms with Gasteiger partial charge in [-0.25, -0.2) is 9.97 Å². The number of nitrogens with zero attached hydrogens (tertiary/aromatic N) is 6. The second-order valence-corrected chi connectivity index (χ2v) is 9.93. The summed E-state index contributed by atoms with van der Waals surface area (Å²) in [6.45, 7) is 2.87. The zero-order valence-electron chi connectivity index (χ0n) is 21.5. The van der Waals surface area contributed by atoms with Crippen molar-refractivity contribution in [1.29, 1.82) is 5.26 Å². The Morgan fingerprint density at radius 3 is 2.54 bits per heavy atom. The van der Waals surface area contributed by atoms with E-state index in [0.717, 1.165) is 60.2 Å². The molecule has 0 atom stereocenters. The third kappa shape index (κ3) is 4.78.